The van der Waals surface area contributed by atoms with Gasteiger partial charge in [0.15, 0.2) is 0 Å². The van der Waals surface area contributed by atoms with Gasteiger partial charge in [0.1, 0.15) is 0 Å². The summed E-state index contributed by atoms with van der Waals surface area (Å²) in [7, 11) is -4.20. The van der Waals surface area contributed by atoms with E-state index in [2.05, 4.69) is 18.9 Å². The van der Waals surface area contributed by atoms with Crippen LogP contribution in [-0.4, -0.2) is 39.1 Å². The van der Waals surface area contributed by atoms with Crippen molar-refractivity contribution in [1.29, 1.82) is 0 Å². The number of carbonyl (C=O) groups is 2. The molecule has 0 heterocycles. The van der Waals surface area contributed by atoms with Gasteiger partial charge in [-0.05, 0) is 19.4 Å². The smallest absolute Gasteiger partial charge is 0.435 e. The van der Waals surface area contributed by atoms with E-state index in [9.17, 15) is 14.2 Å². The van der Waals surface area contributed by atoms with Crippen molar-refractivity contribution in [3.63, 3.8) is 0 Å². The van der Waals surface area contributed by atoms with Gasteiger partial charge < -0.3 is 18.9 Å². The molecule has 0 bridgehead atoms. The molecule has 0 atom stereocenters. The molecule has 1 rings (SSSR count). The Labute approximate surface area is 150 Å². The molecule has 0 fully saturated rings. The maximum atomic E-state index is 12.5. The van der Waals surface area contributed by atoms with Crippen LogP contribution in [0.1, 0.15) is 19.4 Å². The first-order valence-electron chi connectivity index (χ1n) is 7.65. The molecule has 0 saturated heterocycles. The predicted octanol–water partition coefficient (Wildman–Crippen LogP) is 3.61. The van der Waals surface area contributed by atoms with E-state index in [-0.39, 0.29) is 19.8 Å². The normalized spacial score (nSPS) is 10.8. The Kier molecular flexibility index (Phi) is 10.3. The lowest BCUT2D eigenvalue weighted by atomic mass is 10.2. The Morgan fingerprint density at radius 1 is 0.808 bits per heavy atom. The molecule has 0 aromatic heterocycles. The minimum atomic E-state index is -4.20. The zero-order chi connectivity index (χ0) is 19.3. The molecule has 0 aliphatic heterocycles. The Hall–Kier alpha value is -2.13. The standard InChI is InChI=1S/C15H21O10P/c1-3-19-14(16)21-11-24-26(18,25-12-22-15(17)20-4-2)23-10-13-8-6-5-7-9-13/h5-9H,3-4,10-12H2,1-2H3. The van der Waals surface area contributed by atoms with Crippen LogP contribution in [0.4, 0.5) is 9.59 Å². The summed E-state index contributed by atoms with van der Waals surface area (Å²) < 4.78 is 45.6. The molecule has 0 aliphatic rings. The second kappa shape index (κ2) is 12.3. The van der Waals surface area contributed by atoms with Crippen LogP contribution in [0.25, 0.3) is 0 Å². The number of hydrogen-bond acceptors (Lipinski definition) is 10. The van der Waals surface area contributed by atoms with Crippen LogP contribution >= 0.6 is 7.82 Å². The van der Waals surface area contributed by atoms with Crippen LogP contribution < -0.4 is 0 Å². The molecule has 0 aliphatic carbocycles. The third-order valence-electron chi connectivity index (χ3n) is 2.53. The van der Waals surface area contributed by atoms with E-state index < -0.39 is 33.7 Å². The Balaban J connectivity index is 2.55. The van der Waals surface area contributed by atoms with E-state index in [1.807, 2.05) is 0 Å². The zero-order valence-corrected chi connectivity index (χ0v) is 15.3. The van der Waals surface area contributed by atoms with E-state index in [1.54, 1.807) is 44.2 Å². The van der Waals surface area contributed by atoms with Crippen LogP contribution in [0.5, 0.6) is 0 Å². The Morgan fingerprint density at radius 3 is 1.77 bits per heavy atom. The first-order chi connectivity index (χ1) is 12.5. The molecule has 0 unspecified atom stereocenters. The highest BCUT2D eigenvalue weighted by atomic mass is 31.2. The summed E-state index contributed by atoms with van der Waals surface area (Å²) in [6.07, 6.45) is -2.02. The highest BCUT2D eigenvalue weighted by Crippen LogP contribution is 2.50. The van der Waals surface area contributed by atoms with Crippen LogP contribution in [-0.2, 0) is 43.7 Å². The molecule has 0 saturated carbocycles. The average Bonchev–Trinajstić information content (AvgIpc) is 2.61. The largest absolute Gasteiger partial charge is 0.510 e. The first kappa shape index (κ1) is 21.9. The van der Waals surface area contributed by atoms with Gasteiger partial charge in [-0.2, -0.15) is 0 Å². The van der Waals surface area contributed by atoms with E-state index in [4.69, 9.17) is 13.6 Å². The predicted molar refractivity (Wildman–Crippen MR) is 87.0 cm³/mol. The van der Waals surface area contributed by atoms with E-state index >= 15 is 0 Å². The molecular formula is C15H21O10P. The van der Waals surface area contributed by atoms with Crippen LogP contribution in [0, 0.1) is 0 Å². The molecular weight excluding hydrogens is 371 g/mol. The van der Waals surface area contributed by atoms with Crippen molar-refractivity contribution >= 4 is 20.1 Å². The van der Waals surface area contributed by atoms with Gasteiger partial charge in [0.2, 0.25) is 13.6 Å². The summed E-state index contributed by atoms with van der Waals surface area (Å²) in [6.45, 7) is 1.78. The molecule has 0 N–H and O–H groups in total. The summed E-state index contributed by atoms with van der Waals surface area (Å²) in [6, 6.07) is 8.79. The van der Waals surface area contributed by atoms with Crippen LogP contribution in [0.2, 0.25) is 0 Å². The Morgan fingerprint density at radius 2 is 1.31 bits per heavy atom. The molecule has 1 aromatic carbocycles. The molecule has 26 heavy (non-hydrogen) atoms. The van der Waals surface area contributed by atoms with E-state index in [0.29, 0.717) is 5.56 Å². The lowest BCUT2D eigenvalue weighted by Gasteiger charge is -2.17. The molecule has 10 nitrogen and oxygen atoms in total. The molecule has 11 heteroatoms. The van der Waals surface area contributed by atoms with Gasteiger partial charge in [0.05, 0.1) is 19.8 Å². The fraction of sp³-hybridized carbons (Fsp3) is 0.467. The van der Waals surface area contributed by atoms with E-state index in [0.717, 1.165) is 0 Å². The monoisotopic (exact) mass is 392 g/mol. The molecule has 146 valence electrons. The minimum Gasteiger partial charge on any atom is -0.435 e. The van der Waals surface area contributed by atoms with Gasteiger partial charge in [0.25, 0.3) is 0 Å². The minimum absolute atomic E-state index is 0.102. The lowest BCUT2D eigenvalue weighted by molar-refractivity contribution is -0.0383. The van der Waals surface area contributed by atoms with Crippen molar-refractivity contribution in [2.24, 2.45) is 0 Å². The quantitative estimate of drug-likeness (QED) is 0.314. The molecule has 0 amide bonds. The van der Waals surface area contributed by atoms with Gasteiger partial charge in [-0.15, -0.1) is 0 Å². The summed E-state index contributed by atoms with van der Waals surface area (Å²) in [5, 5.41) is 0. The number of rotatable bonds is 11. The number of phosphoric ester groups is 1. The Bertz CT molecular complexity index is 563. The van der Waals surface area contributed by atoms with Crippen molar-refractivity contribution < 1.29 is 46.7 Å². The summed E-state index contributed by atoms with van der Waals surface area (Å²) in [5.41, 5.74) is 0.692. The number of ether oxygens (including phenoxy) is 4. The molecule has 1 aromatic rings. The van der Waals surface area contributed by atoms with Crippen molar-refractivity contribution in [2.45, 2.75) is 20.5 Å². The van der Waals surface area contributed by atoms with Gasteiger partial charge >= 0.3 is 20.1 Å². The maximum absolute atomic E-state index is 12.5. The fourth-order valence-corrected chi connectivity index (χ4v) is 2.33. The maximum Gasteiger partial charge on any atom is 0.510 e. The van der Waals surface area contributed by atoms with Crippen LogP contribution in [0.3, 0.4) is 0 Å². The lowest BCUT2D eigenvalue weighted by Crippen LogP contribution is -2.13. The van der Waals surface area contributed by atoms with Crippen molar-refractivity contribution in [1.82, 2.24) is 0 Å². The topological polar surface area (TPSA) is 116 Å². The fourth-order valence-electron chi connectivity index (χ4n) is 1.44. The van der Waals surface area contributed by atoms with Crippen molar-refractivity contribution in [3.05, 3.63) is 35.9 Å². The molecule has 0 spiro atoms. The zero-order valence-electron chi connectivity index (χ0n) is 14.5. The average molecular weight is 392 g/mol. The second-order valence-electron chi connectivity index (χ2n) is 4.35. The summed E-state index contributed by atoms with van der Waals surface area (Å²) >= 11 is 0. The molecule has 0 radical (unpaired) electrons. The van der Waals surface area contributed by atoms with Crippen molar-refractivity contribution in [2.75, 3.05) is 26.8 Å². The van der Waals surface area contributed by atoms with Gasteiger partial charge in [-0.3, -0.25) is 4.52 Å². The number of phosphoric acid groups is 1. The second-order valence-corrected chi connectivity index (χ2v) is 6.02. The highest BCUT2D eigenvalue weighted by Gasteiger charge is 2.29. The highest BCUT2D eigenvalue weighted by molar-refractivity contribution is 7.48. The van der Waals surface area contributed by atoms with Gasteiger partial charge in [-0.1, -0.05) is 30.3 Å². The third-order valence-corrected chi connectivity index (χ3v) is 3.82. The first-order valence-corrected chi connectivity index (χ1v) is 9.11. The summed E-state index contributed by atoms with van der Waals surface area (Å²) in [5.74, 6) is 0. The number of benzene rings is 1. The van der Waals surface area contributed by atoms with Gasteiger partial charge in [-0.25, -0.2) is 23.2 Å². The number of carbonyl (C=O) groups excluding carboxylic acids is 2. The van der Waals surface area contributed by atoms with E-state index in [1.165, 1.54) is 0 Å². The third kappa shape index (κ3) is 9.38. The summed E-state index contributed by atoms with van der Waals surface area (Å²) in [4.78, 5) is 22.2. The number of hydrogen-bond donors (Lipinski definition) is 0. The van der Waals surface area contributed by atoms with Gasteiger partial charge in [0, 0.05) is 0 Å². The van der Waals surface area contributed by atoms with Crippen LogP contribution in [0.15, 0.2) is 30.3 Å². The SMILES string of the molecule is CCOC(=O)OCOP(=O)(OCOC(=O)OCC)OCc1ccccc1. The van der Waals surface area contributed by atoms with Crippen molar-refractivity contribution in [3.8, 4) is 0 Å².